The third kappa shape index (κ3) is 3.40. The summed E-state index contributed by atoms with van der Waals surface area (Å²) in [5.74, 6) is 0. The molecule has 226 valence electrons. The summed E-state index contributed by atoms with van der Waals surface area (Å²) in [6, 6.07) is 58.0. The Balaban J connectivity index is 1.34. The zero-order valence-corrected chi connectivity index (χ0v) is 26.6. The van der Waals surface area contributed by atoms with E-state index in [9.17, 15) is 0 Å². The molecule has 9 aromatic rings. The van der Waals surface area contributed by atoms with Crippen LogP contribution >= 0.6 is 0 Å². The van der Waals surface area contributed by atoms with E-state index in [-0.39, 0.29) is 0 Å². The molecule has 0 saturated carbocycles. The Morgan fingerprint density at radius 3 is 1.57 bits per heavy atom. The van der Waals surface area contributed by atoms with Gasteiger partial charge < -0.3 is 0 Å². The lowest BCUT2D eigenvalue weighted by Crippen LogP contribution is -2.26. The van der Waals surface area contributed by atoms with Crippen molar-refractivity contribution < 1.29 is 0 Å². The van der Waals surface area contributed by atoms with Crippen LogP contribution in [0.5, 0.6) is 0 Å². The number of hydrogen-bond acceptors (Lipinski definition) is 2. The maximum absolute atomic E-state index is 4.95. The highest BCUT2D eigenvalue weighted by Crippen LogP contribution is 2.66. The summed E-state index contributed by atoms with van der Waals surface area (Å²) in [6.45, 7) is 0. The van der Waals surface area contributed by atoms with Crippen molar-refractivity contribution in [3.8, 4) is 44.8 Å². The second-order valence-corrected chi connectivity index (χ2v) is 13.2. The van der Waals surface area contributed by atoms with E-state index in [0.29, 0.717) is 0 Å². The van der Waals surface area contributed by atoms with Gasteiger partial charge in [0.2, 0.25) is 0 Å². The first-order valence-electron chi connectivity index (χ1n) is 16.9. The van der Waals surface area contributed by atoms with E-state index in [0.717, 1.165) is 17.0 Å². The molecule has 2 heteroatoms. The minimum Gasteiger partial charge on any atom is -0.255 e. The van der Waals surface area contributed by atoms with E-state index < -0.39 is 5.41 Å². The Bertz CT molecular complexity index is 2770. The van der Waals surface area contributed by atoms with Crippen LogP contribution in [-0.4, -0.2) is 9.97 Å². The Morgan fingerprint density at radius 2 is 0.918 bits per heavy atom. The maximum Gasteiger partial charge on any atom is 0.0886 e. The molecular formula is C47H28N2. The van der Waals surface area contributed by atoms with Crippen molar-refractivity contribution in [2.45, 2.75) is 5.41 Å². The zero-order chi connectivity index (χ0) is 32.1. The first kappa shape index (κ1) is 26.7. The monoisotopic (exact) mass is 620 g/mol. The lowest BCUT2D eigenvalue weighted by Gasteiger charge is -2.32. The van der Waals surface area contributed by atoms with Crippen molar-refractivity contribution in [3.63, 3.8) is 0 Å². The molecule has 2 aliphatic rings. The molecule has 2 heterocycles. The topological polar surface area (TPSA) is 25.8 Å². The smallest absolute Gasteiger partial charge is 0.0886 e. The second kappa shape index (κ2) is 9.82. The van der Waals surface area contributed by atoms with Crippen LogP contribution in [0.1, 0.15) is 22.3 Å². The summed E-state index contributed by atoms with van der Waals surface area (Å²) in [6.07, 6.45) is 3.84. The first-order chi connectivity index (χ1) is 24.3. The van der Waals surface area contributed by atoms with Crippen LogP contribution in [0, 0.1) is 0 Å². The molecule has 0 radical (unpaired) electrons. The number of rotatable bonds is 2. The average Bonchev–Trinajstić information content (AvgIpc) is 3.66. The summed E-state index contributed by atoms with van der Waals surface area (Å²) >= 11 is 0. The summed E-state index contributed by atoms with van der Waals surface area (Å²) < 4.78 is 0. The lowest BCUT2D eigenvalue weighted by molar-refractivity contribution is 0.803. The summed E-state index contributed by atoms with van der Waals surface area (Å²) in [7, 11) is 0. The van der Waals surface area contributed by atoms with Crippen molar-refractivity contribution in [2.24, 2.45) is 0 Å². The van der Waals surface area contributed by atoms with Gasteiger partial charge in [0.15, 0.2) is 0 Å². The van der Waals surface area contributed by atoms with Gasteiger partial charge in [-0.1, -0.05) is 133 Å². The molecule has 0 atom stereocenters. The van der Waals surface area contributed by atoms with Crippen LogP contribution in [0.2, 0.25) is 0 Å². The molecular weight excluding hydrogens is 593 g/mol. The Hall–Kier alpha value is -6.38. The van der Waals surface area contributed by atoms with Crippen molar-refractivity contribution in [1.29, 1.82) is 0 Å². The molecule has 0 saturated heterocycles. The number of nitrogens with zero attached hydrogens (tertiary/aromatic N) is 2. The van der Waals surface area contributed by atoms with Gasteiger partial charge >= 0.3 is 0 Å². The average molecular weight is 621 g/mol. The number of benzene rings is 7. The van der Waals surface area contributed by atoms with Gasteiger partial charge in [0.1, 0.15) is 0 Å². The molecule has 11 rings (SSSR count). The van der Waals surface area contributed by atoms with Crippen molar-refractivity contribution >= 4 is 32.3 Å². The molecule has 0 amide bonds. The molecule has 2 aliphatic carbocycles. The van der Waals surface area contributed by atoms with Crippen LogP contribution in [0.15, 0.2) is 170 Å². The molecule has 2 aromatic heterocycles. The molecule has 0 aliphatic heterocycles. The quantitative estimate of drug-likeness (QED) is 0.180. The van der Waals surface area contributed by atoms with E-state index in [1.807, 2.05) is 30.6 Å². The van der Waals surface area contributed by atoms with Gasteiger partial charge in [0.05, 0.1) is 16.8 Å². The van der Waals surface area contributed by atoms with Crippen molar-refractivity contribution in [2.75, 3.05) is 0 Å². The van der Waals surface area contributed by atoms with Crippen molar-refractivity contribution in [3.05, 3.63) is 192 Å². The van der Waals surface area contributed by atoms with Gasteiger partial charge in [-0.05, 0) is 107 Å². The van der Waals surface area contributed by atoms with Crippen LogP contribution in [-0.2, 0) is 5.41 Å². The van der Waals surface area contributed by atoms with Crippen molar-refractivity contribution in [1.82, 2.24) is 9.97 Å². The highest BCUT2D eigenvalue weighted by Gasteiger charge is 2.53. The third-order valence-corrected chi connectivity index (χ3v) is 11.0. The number of fused-ring (bicyclic) bond motifs is 17. The lowest BCUT2D eigenvalue weighted by atomic mass is 9.68. The fourth-order valence-electron chi connectivity index (χ4n) is 9.12. The van der Waals surface area contributed by atoms with Crippen LogP contribution in [0.3, 0.4) is 0 Å². The van der Waals surface area contributed by atoms with Gasteiger partial charge in [0, 0.05) is 18.0 Å². The van der Waals surface area contributed by atoms with Crippen LogP contribution in [0.4, 0.5) is 0 Å². The second-order valence-electron chi connectivity index (χ2n) is 13.2. The Labute approximate surface area is 284 Å². The fraction of sp³-hybridized carbons (Fsp3) is 0.0213. The number of hydrogen-bond donors (Lipinski definition) is 0. The van der Waals surface area contributed by atoms with Gasteiger partial charge in [-0.15, -0.1) is 0 Å². The van der Waals surface area contributed by atoms with Gasteiger partial charge in [0.25, 0.3) is 0 Å². The predicted octanol–water partition coefficient (Wildman–Crippen LogP) is 11.6. The predicted molar refractivity (Wildman–Crippen MR) is 202 cm³/mol. The minimum atomic E-state index is -0.498. The molecule has 2 nitrogen and oxygen atoms in total. The number of aromatic nitrogens is 2. The molecule has 49 heavy (non-hydrogen) atoms. The molecule has 1 spiro atoms. The first-order valence-corrected chi connectivity index (χ1v) is 16.9. The van der Waals surface area contributed by atoms with Crippen LogP contribution < -0.4 is 0 Å². The fourth-order valence-corrected chi connectivity index (χ4v) is 9.12. The van der Waals surface area contributed by atoms with E-state index in [4.69, 9.17) is 4.98 Å². The highest BCUT2D eigenvalue weighted by molar-refractivity contribution is 6.23. The molecule has 0 N–H and O–H groups in total. The highest BCUT2D eigenvalue weighted by atomic mass is 14.8. The van der Waals surface area contributed by atoms with E-state index in [2.05, 4.69) is 145 Å². The standard InChI is InChI=1S/C47H28N2/c1-5-19-36-30(13-1)31-14-3-6-20-37(31)46-45(36)44-35-18-4-2-15-32(35)38(29-24-25-43(49-28-29)42-23-11-12-26-48-42)27-41(44)47(46)39-21-9-7-16-33(39)34-17-8-10-22-40(34)47/h1-28H. The molecule has 7 aromatic carbocycles. The summed E-state index contributed by atoms with van der Waals surface area (Å²) in [5.41, 5.74) is 14.3. The van der Waals surface area contributed by atoms with E-state index >= 15 is 0 Å². The van der Waals surface area contributed by atoms with Gasteiger partial charge in [-0.25, -0.2) is 0 Å². The maximum atomic E-state index is 4.95. The zero-order valence-electron chi connectivity index (χ0n) is 26.6. The minimum absolute atomic E-state index is 0.498. The normalized spacial score (nSPS) is 13.5. The van der Waals surface area contributed by atoms with Gasteiger partial charge in [-0.2, -0.15) is 0 Å². The largest absolute Gasteiger partial charge is 0.255 e. The van der Waals surface area contributed by atoms with Crippen LogP contribution in [0.25, 0.3) is 77.1 Å². The van der Waals surface area contributed by atoms with Gasteiger partial charge in [-0.3, -0.25) is 9.97 Å². The molecule has 0 bridgehead atoms. The SMILES string of the molecule is c1ccc(-c2ccc(-c3cc4c(c5ccccc35)-c3c(c5ccccc5c5ccccc35)C43c4ccccc4-c4ccccc43)cn2)nc1. The molecule has 0 fully saturated rings. The Kier molecular flexibility index (Phi) is 5.34. The van der Waals surface area contributed by atoms with E-state index in [1.54, 1.807) is 0 Å². The Morgan fingerprint density at radius 1 is 0.367 bits per heavy atom. The summed E-state index contributed by atoms with van der Waals surface area (Å²) in [4.78, 5) is 9.49. The number of pyridine rings is 2. The molecule has 0 unspecified atom stereocenters. The summed E-state index contributed by atoms with van der Waals surface area (Å²) in [5, 5.41) is 7.70. The van der Waals surface area contributed by atoms with E-state index in [1.165, 1.54) is 82.4 Å². The third-order valence-electron chi connectivity index (χ3n) is 11.0.